The molecule has 0 saturated carbocycles. The van der Waals surface area contributed by atoms with Crippen molar-refractivity contribution in [2.45, 2.75) is 6.54 Å². The lowest BCUT2D eigenvalue weighted by Gasteiger charge is -2.09. The highest BCUT2D eigenvalue weighted by Gasteiger charge is 2.07. The first kappa shape index (κ1) is 13.9. The molecule has 0 aliphatic carbocycles. The molecule has 0 radical (unpaired) electrons. The van der Waals surface area contributed by atoms with Crippen LogP contribution in [0, 0.1) is 5.82 Å². The number of benzene rings is 1. The third kappa shape index (κ3) is 3.25. The van der Waals surface area contributed by atoms with E-state index in [-0.39, 0.29) is 5.69 Å². The van der Waals surface area contributed by atoms with Crippen LogP contribution in [0.3, 0.4) is 0 Å². The summed E-state index contributed by atoms with van der Waals surface area (Å²) in [5, 5.41) is 9.41. The van der Waals surface area contributed by atoms with E-state index in [1.807, 2.05) is 13.1 Å². The first-order chi connectivity index (χ1) is 9.60. The van der Waals surface area contributed by atoms with Crippen LogP contribution in [0.1, 0.15) is 5.69 Å². The van der Waals surface area contributed by atoms with Crippen LogP contribution in [0.15, 0.2) is 30.5 Å². The fourth-order valence-corrected chi connectivity index (χ4v) is 1.65. The van der Waals surface area contributed by atoms with Crippen molar-refractivity contribution in [3.05, 3.63) is 42.0 Å². The molecule has 2 rings (SSSR count). The number of halogens is 1. The third-order valence-corrected chi connectivity index (χ3v) is 2.79. The Bertz CT molecular complexity index is 612. The molecule has 1 aromatic heterocycles. The second kappa shape index (κ2) is 6.05. The van der Waals surface area contributed by atoms with Crippen LogP contribution in [-0.2, 0) is 18.3 Å². The lowest BCUT2D eigenvalue weighted by Crippen LogP contribution is -2.12. The SMILES string of the molecule is COC(=O)Nc1ccc(NCc2ccnn2C)cc1F. The number of carbonyl (C=O) groups is 1. The number of nitrogens with zero attached hydrogens (tertiary/aromatic N) is 2. The summed E-state index contributed by atoms with van der Waals surface area (Å²) in [5.74, 6) is -0.537. The van der Waals surface area contributed by atoms with Gasteiger partial charge in [0.15, 0.2) is 0 Å². The van der Waals surface area contributed by atoms with E-state index in [9.17, 15) is 9.18 Å². The average Bonchev–Trinajstić information content (AvgIpc) is 2.84. The number of hydrogen-bond donors (Lipinski definition) is 2. The number of aromatic nitrogens is 2. The topological polar surface area (TPSA) is 68.2 Å². The molecule has 0 unspecified atom stereocenters. The quantitative estimate of drug-likeness (QED) is 0.900. The number of aryl methyl sites for hydroxylation is 1. The number of anilines is 2. The number of nitrogens with one attached hydrogen (secondary N) is 2. The first-order valence-corrected chi connectivity index (χ1v) is 5.95. The molecule has 0 atom stereocenters. The molecule has 7 heteroatoms. The number of hydrogen-bond acceptors (Lipinski definition) is 4. The predicted molar refractivity (Wildman–Crippen MR) is 73.0 cm³/mol. The summed E-state index contributed by atoms with van der Waals surface area (Å²) in [5.41, 5.74) is 1.66. The molecule has 1 heterocycles. The van der Waals surface area contributed by atoms with Gasteiger partial charge in [0.25, 0.3) is 0 Å². The van der Waals surface area contributed by atoms with E-state index >= 15 is 0 Å². The Morgan fingerprint density at radius 2 is 2.25 bits per heavy atom. The summed E-state index contributed by atoms with van der Waals surface area (Å²) in [6.45, 7) is 0.527. The van der Waals surface area contributed by atoms with Crippen molar-refractivity contribution < 1.29 is 13.9 Å². The van der Waals surface area contributed by atoms with Crippen LogP contribution in [0.5, 0.6) is 0 Å². The van der Waals surface area contributed by atoms with Gasteiger partial charge in [0.2, 0.25) is 0 Å². The summed E-state index contributed by atoms with van der Waals surface area (Å²) in [6, 6.07) is 6.32. The Kier molecular flexibility index (Phi) is 4.19. The molecule has 2 aromatic rings. The van der Waals surface area contributed by atoms with Crippen LogP contribution in [0.4, 0.5) is 20.6 Å². The van der Waals surface area contributed by atoms with Crippen molar-refractivity contribution in [2.24, 2.45) is 7.05 Å². The number of amides is 1. The summed E-state index contributed by atoms with van der Waals surface area (Å²) in [7, 11) is 3.05. The minimum Gasteiger partial charge on any atom is -0.453 e. The molecule has 6 nitrogen and oxygen atoms in total. The van der Waals surface area contributed by atoms with Gasteiger partial charge < -0.3 is 10.1 Å². The standard InChI is InChI=1S/C13H15FN4O2/c1-18-10(5-6-16-18)8-15-9-3-4-12(11(14)7-9)17-13(19)20-2/h3-7,15H,8H2,1-2H3,(H,17,19). The molecule has 106 valence electrons. The fraction of sp³-hybridized carbons (Fsp3) is 0.231. The van der Waals surface area contributed by atoms with E-state index < -0.39 is 11.9 Å². The van der Waals surface area contributed by atoms with Crippen molar-refractivity contribution >= 4 is 17.5 Å². The van der Waals surface area contributed by atoms with E-state index in [2.05, 4.69) is 20.5 Å². The highest BCUT2D eigenvalue weighted by molar-refractivity contribution is 5.84. The van der Waals surface area contributed by atoms with Gasteiger partial charge in [0.05, 0.1) is 25.0 Å². The van der Waals surface area contributed by atoms with Crippen LogP contribution in [0.25, 0.3) is 0 Å². The maximum Gasteiger partial charge on any atom is 0.411 e. The number of carbonyl (C=O) groups excluding carboxylic acids is 1. The average molecular weight is 278 g/mol. The molecular weight excluding hydrogens is 263 g/mol. The van der Waals surface area contributed by atoms with Gasteiger partial charge in [0.1, 0.15) is 5.82 Å². The zero-order valence-corrected chi connectivity index (χ0v) is 11.2. The van der Waals surface area contributed by atoms with Gasteiger partial charge in [-0.15, -0.1) is 0 Å². The van der Waals surface area contributed by atoms with Crippen molar-refractivity contribution in [1.29, 1.82) is 0 Å². The van der Waals surface area contributed by atoms with Crippen LogP contribution in [-0.4, -0.2) is 23.0 Å². The number of ether oxygens (including phenoxy) is 1. The van der Waals surface area contributed by atoms with E-state index in [4.69, 9.17) is 0 Å². The minimum absolute atomic E-state index is 0.0722. The van der Waals surface area contributed by atoms with E-state index in [1.165, 1.54) is 19.2 Å². The molecule has 0 aliphatic rings. The molecule has 0 bridgehead atoms. The van der Waals surface area contributed by atoms with Gasteiger partial charge in [-0.3, -0.25) is 10.00 Å². The molecule has 1 aromatic carbocycles. The molecule has 2 N–H and O–H groups in total. The van der Waals surface area contributed by atoms with E-state index in [0.29, 0.717) is 12.2 Å². The van der Waals surface area contributed by atoms with Gasteiger partial charge >= 0.3 is 6.09 Å². The van der Waals surface area contributed by atoms with Gasteiger partial charge in [-0.25, -0.2) is 9.18 Å². The Labute approximate surface area is 115 Å². The Morgan fingerprint density at radius 3 is 2.85 bits per heavy atom. The van der Waals surface area contributed by atoms with Crippen LogP contribution in [0.2, 0.25) is 0 Å². The van der Waals surface area contributed by atoms with Crippen LogP contribution < -0.4 is 10.6 Å². The van der Waals surface area contributed by atoms with Crippen molar-refractivity contribution in [1.82, 2.24) is 9.78 Å². The van der Waals surface area contributed by atoms with E-state index in [0.717, 1.165) is 5.69 Å². The molecule has 0 fully saturated rings. The molecule has 1 amide bonds. The Hall–Kier alpha value is -2.57. The minimum atomic E-state index is -0.709. The Balaban J connectivity index is 2.02. The smallest absolute Gasteiger partial charge is 0.411 e. The monoisotopic (exact) mass is 278 g/mol. The predicted octanol–water partition coefficient (Wildman–Crippen LogP) is 2.35. The van der Waals surface area contributed by atoms with Crippen molar-refractivity contribution in [3.63, 3.8) is 0 Å². The van der Waals surface area contributed by atoms with Crippen molar-refractivity contribution in [2.75, 3.05) is 17.7 Å². The largest absolute Gasteiger partial charge is 0.453 e. The zero-order valence-electron chi connectivity index (χ0n) is 11.2. The third-order valence-electron chi connectivity index (χ3n) is 2.79. The van der Waals surface area contributed by atoms with Gasteiger partial charge in [-0.2, -0.15) is 5.10 Å². The molecular formula is C13H15FN4O2. The summed E-state index contributed by atoms with van der Waals surface area (Å²) < 4.78 is 19.9. The molecule has 0 saturated heterocycles. The van der Waals surface area contributed by atoms with Gasteiger partial charge in [-0.05, 0) is 24.3 Å². The highest BCUT2D eigenvalue weighted by Crippen LogP contribution is 2.19. The molecule has 0 aliphatic heterocycles. The highest BCUT2D eigenvalue weighted by atomic mass is 19.1. The zero-order chi connectivity index (χ0) is 14.5. The van der Waals surface area contributed by atoms with Gasteiger partial charge in [0, 0.05) is 18.9 Å². The number of rotatable bonds is 4. The maximum atomic E-state index is 13.8. The fourth-order valence-electron chi connectivity index (χ4n) is 1.65. The first-order valence-electron chi connectivity index (χ1n) is 5.95. The summed E-state index contributed by atoms with van der Waals surface area (Å²) in [4.78, 5) is 11.0. The van der Waals surface area contributed by atoms with Crippen LogP contribution >= 0.6 is 0 Å². The normalized spacial score (nSPS) is 10.2. The second-order valence-corrected chi connectivity index (χ2v) is 4.11. The van der Waals surface area contributed by atoms with Gasteiger partial charge in [-0.1, -0.05) is 0 Å². The number of methoxy groups -OCH3 is 1. The van der Waals surface area contributed by atoms with Crippen molar-refractivity contribution in [3.8, 4) is 0 Å². The molecule has 20 heavy (non-hydrogen) atoms. The second-order valence-electron chi connectivity index (χ2n) is 4.11. The lowest BCUT2D eigenvalue weighted by molar-refractivity contribution is 0.187. The lowest BCUT2D eigenvalue weighted by atomic mass is 10.2. The maximum absolute atomic E-state index is 13.8. The van der Waals surface area contributed by atoms with E-state index in [1.54, 1.807) is 16.9 Å². The summed E-state index contributed by atoms with van der Waals surface area (Å²) in [6.07, 6.45) is 0.987. The summed E-state index contributed by atoms with van der Waals surface area (Å²) >= 11 is 0. The Morgan fingerprint density at radius 1 is 1.45 bits per heavy atom. The molecule has 0 spiro atoms.